The number of fused-ring (bicyclic) bond motifs is 3. The van der Waals surface area contributed by atoms with Crippen molar-refractivity contribution in [3.63, 3.8) is 0 Å². The monoisotopic (exact) mass is 414 g/mol. The molecule has 0 saturated carbocycles. The summed E-state index contributed by atoms with van der Waals surface area (Å²) in [5.74, 6) is 2.16. The molecule has 5 nitrogen and oxygen atoms in total. The van der Waals surface area contributed by atoms with Crippen LogP contribution in [0.1, 0.15) is 28.2 Å². The highest BCUT2D eigenvalue weighted by molar-refractivity contribution is 5.78. The standard InChI is InChI=1S/C26H22O5/c27-26-25-19(14-29-26)10-18-11-22-23(31-15-30-22)12-21(18)24(25)17-6-8-20(9-7-17)28-13-16-4-2-1-3-5-16/h1-9,11-12,19,24-25H,10,13-15H2/t19-,24-,25-/m0/s1. The van der Waals surface area contributed by atoms with E-state index >= 15 is 0 Å². The Morgan fingerprint density at radius 3 is 2.48 bits per heavy atom. The molecule has 0 aromatic heterocycles. The van der Waals surface area contributed by atoms with Crippen LogP contribution in [0.4, 0.5) is 0 Å². The maximum absolute atomic E-state index is 12.7. The molecule has 0 bridgehead atoms. The van der Waals surface area contributed by atoms with Crippen LogP contribution in [-0.4, -0.2) is 19.4 Å². The Morgan fingerprint density at radius 2 is 1.68 bits per heavy atom. The number of hydrogen-bond acceptors (Lipinski definition) is 5. The second kappa shape index (κ2) is 7.34. The van der Waals surface area contributed by atoms with Gasteiger partial charge in [-0.05, 0) is 52.9 Å². The van der Waals surface area contributed by atoms with Crippen LogP contribution in [0.15, 0.2) is 66.7 Å². The molecule has 1 fully saturated rings. The summed E-state index contributed by atoms with van der Waals surface area (Å²) in [6.45, 7) is 1.24. The molecule has 1 saturated heterocycles. The van der Waals surface area contributed by atoms with Crippen molar-refractivity contribution in [3.05, 3.63) is 89.0 Å². The van der Waals surface area contributed by atoms with Gasteiger partial charge in [0.2, 0.25) is 6.79 Å². The van der Waals surface area contributed by atoms with Crippen molar-refractivity contribution < 1.29 is 23.7 Å². The number of cyclic esters (lactones) is 1. The SMILES string of the molecule is O=C1OC[C@@H]2Cc3cc4c(cc3[C@H](c3ccc(OCc5ccccc5)cc3)[C@@H]12)OCO4. The first kappa shape index (κ1) is 18.3. The fraction of sp³-hybridized carbons (Fsp3) is 0.269. The van der Waals surface area contributed by atoms with Gasteiger partial charge in [0.25, 0.3) is 0 Å². The van der Waals surface area contributed by atoms with E-state index < -0.39 is 0 Å². The van der Waals surface area contributed by atoms with Gasteiger partial charge in [-0.2, -0.15) is 0 Å². The third-order valence-corrected chi connectivity index (χ3v) is 6.52. The van der Waals surface area contributed by atoms with E-state index in [1.807, 2.05) is 48.5 Å². The molecule has 31 heavy (non-hydrogen) atoms. The Hall–Kier alpha value is -3.47. The Kier molecular flexibility index (Phi) is 4.34. The molecule has 3 aromatic carbocycles. The van der Waals surface area contributed by atoms with Gasteiger partial charge in [-0.15, -0.1) is 0 Å². The maximum Gasteiger partial charge on any atom is 0.310 e. The molecule has 156 valence electrons. The molecule has 1 aliphatic carbocycles. The average molecular weight is 414 g/mol. The van der Waals surface area contributed by atoms with Gasteiger partial charge in [0.1, 0.15) is 12.4 Å². The molecule has 2 heterocycles. The van der Waals surface area contributed by atoms with Crippen molar-refractivity contribution in [2.24, 2.45) is 11.8 Å². The molecule has 6 rings (SSSR count). The van der Waals surface area contributed by atoms with Gasteiger partial charge in [0, 0.05) is 11.8 Å². The number of carbonyl (C=O) groups is 1. The first-order valence-electron chi connectivity index (χ1n) is 10.6. The zero-order valence-electron chi connectivity index (χ0n) is 17.0. The van der Waals surface area contributed by atoms with Gasteiger partial charge in [-0.25, -0.2) is 0 Å². The molecular weight excluding hydrogens is 392 g/mol. The van der Waals surface area contributed by atoms with Crippen molar-refractivity contribution >= 4 is 5.97 Å². The largest absolute Gasteiger partial charge is 0.489 e. The summed E-state index contributed by atoms with van der Waals surface area (Å²) < 4.78 is 22.6. The Labute approximate surface area is 180 Å². The smallest absolute Gasteiger partial charge is 0.310 e. The van der Waals surface area contributed by atoms with Crippen LogP contribution in [0.2, 0.25) is 0 Å². The van der Waals surface area contributed by atoms with Gasteiger partial charge in [0.05, 0.1) is 12.5 Å². The molecule has 2 aliphatic heterocycles. The van der Waals surface area contributed by atoms with Crippen LogP contribution in [0.3, 0.4) is 0 Å². The maximum atomic E-state index is 12.7. The van der Waals surface area contributed by atoms with Crippen molar-refractivity contribution in [1.82, 2.24) is 0 Å². The van der Waals surface area contributed by atoms with Crippen LogP contribution in [0.5, 0.6) is 17.2 Å². The van der Waals surface area contributed by atoms with Crippen molar-refractivity contribution in [2.75, 3.05) is 13.4 Å². The first-order chi connectivity index (χ1) is 15.3. The lowest BCUT2D eigenvalue weighted by atomic mass is 9.67. The summed E-state index contributed by atoms with van der Waals surface area (Å²) in [4.78, 5) is 12.7. The highest BCUT2D eigenvalue weighted by atomic mass is 16.7. The van der Waals surface area contributed by atoms with Crippen LogP contribution in [-0.2, 0) is 22.6 Å². The zero-order valence-corrected chi connectivity index (χ0v) is 17.0. The number of benzene rings is 3. The number of ether oxygens (including phenoxy) is 4. The topological polar surface area (TPSA) is 54.0 Å². The lowest BCUT2D eigenvalue weighted by molar-refractivity contribution is -0.141. The third-order valence-electron chi connectivity index (χ3n) is 6.52. The number of hydrogen-bond donors (Lipinski definition) is 0. The van der Waals surface area contributed by atoms with Gasteiger partial charge in [0.15, 0.2) is 11.5 Å². The normalized spacial score (nSPS) is 23.1. The lowest BCUT2D eigenvalue weighted by Gasteiger charge is -2.33. The molecule has 0 spiro atoms. The van der Waals surface area contributed by atoms with Gasteiger partial charge < -0.3 is 18.9 Å². The lowest BCUT2D eigenvalue weighted by Crippen LogP contribution is -2.31. The summed E-state index contributed by atoms with van der Waals surface area (Å²) in [6, 6.07) is 22.3. The van der Waals surface area contributed by atoms with Crippen LogP contribution in [0, 0.1) is 11.8 Å². The quantitative estimate of drug-likeness (QED) is 0.590. The van der Waals surface area contributed by atoms with Crippen molar-refractivity contribution in [2.45, 2.75) is 18.9 Å². The van der Waals surface area contributed by atoms with Gasteiger partial charge in [-0.1, -0.05) is 42.5 Å². The predicted molar refractivity (Wildman–Crippen MR) is 113 cm³/mol. The fourth-order valence-electron chi connectivity index (χ4n) is 5.02. The fourth-order valence-corrected chi connectivity index (χ4v) is 5.02. The van der Waals surface area contributed by atoms with Crippen LogP contribution >= 0.6 is 0 Å². The third kappa shape index (κ3) is 3.21. The minimum absolute atomic E-state index is 0.0681. The van der Waals surface area contributed by atoms with E-state index in [4.69, 9.17) is 18.9 Å². The molecule has 5 heteroatoms. The molecule has 3 aromatic rings. The molecule has 3 aliphatic rings. The molecule has 3 atom stereocenters. The second-order valence-corrected chi connectivity index (χ2v) is 8.35. The molecule has 0 unspecified atom stereocenters. The molecule has 0 amide bonds. The first-order valence-corrected chi connectivity index (χ1v) is 10.6. The minimum atomic E-state index is -0.177. The second-order valence-electron chi connectivity index (χ2n) is 8.35. The van der Waals surface area contributed by atoms with E-state index in [-0.39, 0.29) is 30.5 Å². The molecule has 0 radical (unpaired) electrons. The number of carbonyl (C=O) groups excluding carboxylic acids is 1. The van der Waals surface area contributed by atoms with Crippen molar-refractivity contribution in [1.29, 1.82) is 0 Å². The highest BCUT2D eigenvalue weighted by Gasteiger charge is 2.47. The number of rotatable bonds is 4. The van der Waals surface area contributed by atoms with Crippen LogP contribution < -0.4 is 14.2 Å². The van der Waals surface area contributed by atoms with E-state index in [2.05, 4.69) is 18.2 Å². The molecular formula is C26H22O5. The van der Waals surface area contributed by atoms with E-state index in [0.717, 1.165) is 40.4 Å². The van der Waals surface area contributed by atoms with E-state index in [0.29, 0.717) is 13.2 Å². The van der Waals surface area contributed by atoms with E-state index in [1.165, 1.54) is 5.56 Å². The Bertz CT molecular complexity index is 1120. The Balaban J connectivity index is 1.32. The summed E-state index contributed by atoms with van der Waals surface area (Å²) >= 11 is 0. The van der Waals surface area contributed by atoms with Gasteiger partial charge >= 0.3 is 5.97 Å². The van der Waals surface area contributed by atoms with Gasteiger partial charge in [-0.3, -0.25) is 4.79 Å². The molecule has 0 N–H and O–H groups in total. The highest BCUT2D eigenvalue weighted by Crippen LogP contribution is 2.50. The van der Waals surface area contributed by atoms with E-state index in [9.17, 15) is 4.79 Å². The predicted octanol–water partition coefficient (Wildman–Crippen LogP) is 4.47. The summed E-state index contributed by atoms with van der Waals surface area (Å²) in [7, 11) is 0. The minimum Gasteiger partial charge on any atom is -0.489 e. The van der Waals surface area contributed by atoms with Crippen LogP contribution in [0.25, 0.3) is 0 Å². The van der Waals surface area contributed by atoms with E-state index in [1.54, 1.807) is 0 Å². The van der Waals surface area contributed by atoms with Crippen molar-refractivity contribution in [3.8, 4) is 17.2 Å². The average Bonchev–Trinajstić information content (AvgIpc) is 3.42. The Morgan fingerprint density at radius 1 is 0.903 bits per heavy atom. The number of esters is 1. The summed E-state index contributed by atoms with van der Waals surface area (Å²) in [5.41, 5.74) is 4.54. The summed E-state index contributed by atoms with van der Waals surface area (Å²) in [5, 5.41) is 0. The summed E-state index contributed by atoms with van der Waals surface area (Å²) in [6.07, 6.45) is 0.817. The zero-order chi connectivity index (χ0) is 20.8.